The third kappa shape index (κ3) is 2.99. The fourth-order valence-corrected chi connectivity index (χ4v) is 2.25. The maximum atomic E-state index is 12.4. The van der Waals surface area contributed by atoms with Gasteiger partial charge in [0.15, 0.2) is 0 Å². The molecular formula is C15H20N4O2. The minimum Gasteiger partial charge on any atom is -0.496 e. The standard InChI is InChI=1S/C15H20N4O2/c1-4-19-14(12(16)9-17-19)15(20)18-10(2)11-7-5-6-8-13(11)21-3/h5-10H,4,16H2,1-3H3,(H,18,20). The number of methoxy groups -OCH3 is 1. The molecule has 2 rings (SSSR count). The highest BCUT2D eigenvalue weighted by Crippen LogP contribution is 2.24. The van der Waals surface area contributed by atoms with Crippen molar-refractivity contribution in [1.82, 2.24) is 15.1 Å². The van der Waals surface area contributed by atoms with Gasteiger partial charge in [-0.05, 0) is 19.9 Å². The summed E-state index contributed by atoms with van der Waals surface area (Å²) in [6.45, 7) is 4.40. The normalized spacial score (nSPS) is 12.0. The number of hydrogen-bond donors (Lipinski definition) is 2. The fraction of sp³-hybridized carbons (Fsp3) is 0.333. The predicted octanol–water partition coefficient (Wildman–Crippen LogP) is 1.98. The Morgan fingerprint density at radius 1 is 1.48 bits per heavy atom. The smallest absolute Gasteiger partial charge is 0.272 e. The van der Waals surface area contributed by atoms with Crippen LogP contribution in [0.25, 0.3) is 0 Å². The van der Waals surface area contributed by atoms with Crippen LogP contribution in [0.1, 0.15) is 35.9 Å². The van der Waals surface area contributed by atoms with E-state index in [1.807, 2.05) is 38.1 Å². The van der Waals surface area contributed by atoms with Gasteiger partial charge in [0.05, 0.1) is 25.0 Å². The Bertz CT molecular complexity index is 636. The molecule has 112 valence electrons. The molecule has 0 saturated heterocycles. The minimum atomic E-state index is -0.245. The second-order valence-electron chi connectivity index (χ2n) is 4.70. The van der Waals surface area contributed by atoms with Crippen LogP contribution in [0.3, 0.4) is 0 Å². The van der Waals surface area contributed by atoms with Crippen molar-refractivity contribution in [3.05, 3.63) is 41.7 Å². The predicted molar refractivity (Wildman–Crippen MR) is 81.2 cm³/mol. The van der Waals surface area contributed by atoms with Crippen molar-refractivity contribution >= 4 is 11.6 Å². The molecular weight excluding hydrogens is 268 g/mol. The number of nitrogens with one attached hydrogen (secondary N) is 1. The lowest BCUT2D eigenvalue weighted by molar-refractivity contribution is 0.0929. The van der Waals surface area contributed by atoms with Gasteiger partial charge < -0.3 is 15.8 Å². The molecule has 0 spiro atoms. The van der Waals surface area contributed by atoms with Crippen LogP contribution in [0.4, 0.5) is 5.69 Å². The highest BCUT2D eigenvalue weighted by atomic mass is 16.5. The molecule has 1 aromatic carbocycles. The van der Waals surface area contributed by atoms with E-state index in [9.17, 15) is 4.79 Å². The van der Waals surface area contributed by atoms with Crippen LogP contribution in [0.5, 0.6) is 5.75 Å². The third-order valence-corrected chi connectivity index (χ3v) is 3.34. The molecule has 0 aliphatic heterocycles. The van der Waals surface area contributed by atoms with Gasteiger partial charge in [-0.3, -0.25) is 9.48 Å². The van der Waals surface area contributed by atoms with E-state index in [1.165, 1.54) is 6.20 Å². The topological polar surface area (TPSA) is 82.2 Å². The second-order valence-corrected chi connectivity index (χ2v) is 4.70. The zero-order chi connectivity index (χ0) is 15.4. The zero-order valence-corrected chi connectivity index (χ0v) is 12.5. The molecule has 0 bridgehead atoms. The zero-order valence-electron chi connectivity index (χ0n) is 12.5. The third-order valence-electron chi connectivity index (χ3n) is 3.34. The number of nitrogen functional groups attached to an aromatic ring is 1. The quantitative estimate of drug-likeness (QED) is 0.881. The summed E-state index contributed by atoms with van der Waals surface area (Å²) < 4.78 is 6.90. The SMILES string of the molecule is CCn1ncc(N)c1C(=O)NC(C)c1ccccc1OC. The molecule has 1 atom stereocenters. The van der Waals surface area contributed by atoms with Crippen molar-refractivity contribution in [1.29, 1.82) is 0 Å². The lowest BCUT2D eigenvalue weighted by atomic mass is 10.1. The van der Waals surface area contributed by atoms with Crippen LogP contribution in [0.2, 0.25) is 0 Å². The van der Waals surface area contributed by atoms with Gasteiger partial charge in [0, 0.05) is 12.1 Å². The summed E-state index contributed by atoms with van der Waals surface area (Å²) in [4.78, 5) is 12.4. The van der Waals surface area contributed by atoms with E-state index >= 15 is 0 Å². The van der Waals surface area contributed by atoms with E-state index in [0.29, 0.717) is 17.9 Å². The van der Waals surface area contributed by atoms with Crippen molar-refractivity contribution in [2.75, 3.05) is 12.8 Å². The average Bonchev–Trinajstić information content (AvgIpc) is 2.88. The number of aryl methyl sites for hydroxylation is 1. The van der Waals surface area contributed by atoms with E-state index in [4.69, 9.17) is 10.5 Å². The summed E-state index contributed by atoms with van der Waals surface area (Å²) in [6, 6.07) is 7.38. The van der Waals surface area contributed by atoms with Crippen LogP contribution >= 0.6 is 0 Å². The first-order valence-electron chi connectivity index (χ1n) is 6.83. The Morgan fingerprint density at radius 2 is 2.19 bits per heavy atom. The second kappa shape index (κ2) is 6.30. The molecule has 1 heterocycles. The van der Waals surface area contributed by atoms with Gasteiger partial charge in [-0.1, -0.05) is 18.2 Å². The maximum Gasteiger partial charge on any atom is 0.272 e. The summed E-state index contributed by atoms with van der Waals surface area (Å²) in [6.07, 6.45) is 1.49. The maximum absolute atomic E-state index is 12.4. The first kappa shape index (κ1) is 14.9. The van der Waals surface area contributed by atoms with Crippen molar-refractivity contribution < 1.29 is 9.53 Å². The van der Waals surface area contributed by atoms with Crippen LogP contribution < -0.4 is 15.8 Å². The number of nitrogens with zero attached hydrogens (tertiary/aromatic N) is 2. The number of aromatic nitrogens is 2. The largest absolute Gasteiger partial charge is 0.496 e. The molecule has 0 aliphatic rings. The van der Waals surface area contributed by atoms with Gasteiger partial charge in [-0.2, -0.15) is 5.10 Å². The summed E-state index contributed by atoms with van der Waals surface area (Å²) in [5.41, 5.74) is 7.50. The van der Waals surface area contributed by atoms with Gasteiger partial charge in [0.1, 0.15) is 11.4 Å². The Morgan fingerprint density at radius 3 is 2.86 bits per heavy atom. The fourth-order valence-electron chi connectivity index (χ4n) is 2.25. The number of para-hydroxylation sites is 1. The lowest BCUT2D eigenvalue weighted by Gasteiger charge is -2.17. The molecule has 1 aromatic heterocycles. The van der Waals surface area contributed by atoms with Crippen molar-refractivity contribution in [3.63, 3.8) is 0 Å². The molecule has 0 aliphatic carbocycles. The molecule has 2 aromatic rings. The van der Waals surface area contributed by atoms with Crippen molar-refractivity contribution in [2.45, 2.75) is 26.4 Å². The van der Waals surface area contributed by atoms with Crippen LogP contribution in [0, 0.1) is 0 Å². The van der Waals surface area contributed by atoms with Gasteiger partial charge in [0.25, 0.3) is 5.91 Å². The first-order valence-corrected chi connectivity index (χ1v) is 6.83. The monoisotopic (exact) mass is 288 g/mol. The molecule has 0 radical (unpaired) electrons. The summed E-state index contributed by atoms with van der Waals surface area (Å²) in [7, 11) is 1.61. The lowest BCUT2D eigenvalue weighted by Crippen LogP contribution is -2.29. The van der Waals surface area contributed by atoms with E-state index in [-0.39, 0.29) is 11.9 Å². The average molecular weight is 288 g/mol. The number of rotatable bonds is 5. The summed E-state index contributed by atoms with van der Waals surface area (Å²) in [5, 5.41) is 7.00. The van der Waals surface area contributed by atoms with Gasteiger partial charge in [-0.15, -0.1) is 0 Å². The van der Waals surface area contributed by atoms with Crippen LogP contribution in [-0.4, -0.2) is 22.8 Å². The van der Waals surface area contributed by atoms with Crippen molar-refractivity contribution in [2.24, 2.45) is 0 Å². The minimum absolute atomic E-state index is 0.201. The number of nitrogens with two attached hydrogens (primary N) is 1. The molecule has 3 N–H and O–H groups in total. The van der Waals surface area contributed by atoms with E-state index in [1.54, 1.807) is 11.8 Å². The summed E-state index contributed by atoms with van der Waals surface area (Å²) in [5.74, 6) is 0.493. The van der Waals surface area contributed by atoms with Gasteiger partial charge in [-0.25, -0.2) is 0 Å². The highest BCUT2D eigenvalue weighted by Gasteiger charge is 2.20. The molecule has 0 saturated carbocycles. The number of ether oxygens (including phenoxy) is 1. The van der Waals surface area contributed by atoms with Crippen LogP contribution in [0.15, 0.2) is 30.5 Å². The number of carbonyl (C=O) groups excluding carboxylic acids is 1. The Labute approximate surface area is 123 Å². The number of benzene rings is 1. The van der Waals surface area contributed by atoms with Gasteiger partial charge in [0.2, 0.25) is 0 Å². The molecule has 6 nitrogen and oxygen atoms in total. The molecule has 1 unspecified atom stereocenters. The number of hydrogen-bond acceptors (Lipinski definition) is 4. The van der Waals surface area contributed by atoms with E-state index in [0.717, 1.165) is 11.3 Å². The van der Waals surface area contributed by atoms with Crippen LogP contribution in [-0.2, 0) is 6.54 Å². The Hall–Kier alpha value is -2.50. The Balaban J connectivity index is 2.21. The van der Waals surface area contributed by atoms with E-state index in [2.05, 4.69) is 10.4 Å². The van der Waals surface area contributed by atoms with Crippen molar-refractivity contribution in [3.8, 4) is 5.75 Å². The summed E-state index contributed by atoms with van der Waals surface area (Å²) >= 11 is 0. The number of amides is 1. The molecule has 1 amide bonds. The van der Waals surface area contributed by atoms with E-state index < -0.39 is 0 Å². The highest BCUT2D eigenvalue weighted by molar-refractivity contribution is 5.97. The molecule has 6 heteroatoms. The number of anilines is 1. The Kier molecular flexibility index (Phi) is 4.47. The molecule has 21 heavy (non-hydrogen) atoms. The molecule has 0 fully saturated rings. The van der Waals surface area contributed by atoms with Gasteiger partial charge >= 0.3 is 0 Å². The number of carbonyl (C=O) groups is 1. The first-order chi connectivity index (χ1) is 10.1.